The highest BCUT2D eigenvalue weighted by atomic mass is 16.6. The average molecular weight is 641 g/mol. The normalized spacial score (nSPS) is 15.1. The number of ether oxygens (including phenoxy) is 4. The number of nitrogens with one attached hydrogen (secondary N) is 1. The van der Waals surface area contributed by atoms with E-state index in [1.807, 2.05) is 79.9 Å². The summed E-state index contributed by atoms with van der Waals surface area (Å²) in [4.78, 5) is 44.5. The van der Waals surface area contributed by atoms with Crippen molar-refractivity contribution < 1.29 is 33.3 Å². The summed E-state index contributed by atoms with van der Waals surface area (Å²) in [6.07, 6.45) is 1.88. The van der Waals surface area contributed by atoms with Gasteiger partial charge in [0.05, 0.1) is 39.0 Å². The highest BCUT2D eigenvalue weighted by molar-refractivity contribution is 6.09. The summed E-state index contributed by atoms with van der Waals surface area (Å²) < 4.78 is 23.4. The number of para-hydroxylation sites is 1. The van der Waals surface area contributed by atoms with Crippen LogP contribution in [0, 0.1) is 11.8 Å². The van der Waals surface area contributed by atoms with Crippen LogP contribution in [0.15, 0.2) is 60.8 Å². The van der Waals surface area contributed by atoms with Gasteiger partial charge in [0, 0.05) is 35.5 Å². The Kier molecular flexibility index (Phi) is 10.8. The van der Waals surface area contributed by atoms with Crippen LogP contribution in [0.2, 0.25) is 0 Å². The van der Waals surface area contributed by atoms with Gasteiger partial charge in [0.1, 0.15) is 29.6 Å². The quantitative estimate of drug-likeness (QED) is 0.138. The first-order valence-corrected chi connectivity index (χ1v) is 15.6. The molecule has 1 aliphatic heterocycles. The van der Waals surface area contributed by atoms with E-state index in [0.29, 0.717) is 44.2 Å². The van der Waals surface area contributed by atoms with E-state index in [1.165, 1.54) is 4.90 Å². The second-order valence-electron chi connectivity index (χ2n) is 12.1. The standard InChI is InChI=1S/C36H40N4O7/c1-36(2,3)47-35(43)37-17-19-46-21-20-45-18-7-8-26-22-29-28-9-5-6-10-30(28)40(33(29)38-23-26)31-15-16-32(41)39(34(31)42)24-25-11-13-27(44-4)14-12-25/h5-6,9-14,22-23,31H,15-21,24H2,1-4H3,(H,37,43). The van der Waals surface area contributed by atoms with Crippen molar-refractivity contribution in [2.75, 3.05) is 40.1 Å². The molecular weight excluding hydrogens is 600 g/mol. The third kappa shape index (κ3) is 8.47. The lowest BCUT2D eigenvalue weighted by Gasteiger charge is -2.32. The Morgan fingerprint density at radius 1 is 1.02 bits per heavy atom. The van der Waals surface area contributed by atoms with Crippen LogP contribution in [0.1, 0.15) is 50.8 Å². The Hall–Kier alpha value is -4.92. The Labute approximate surface area is 274 Å². The number of hydrogen-bond donors (Lipinski definition) is 1. The van der Waals surface area contributed by atoms with E-state index in [0.717, 1.165) is 27.4 Å². The first-order chi connectivity index (χ1) is 22.6. The second kappa shape index (κ2) is 15.1. The summed E-state index contributed by atoms with van der Waals surface area (Å²) in [6.45, 7) is 7.25. The number of nitrogens with zero attached hydrogens (tertiary/aromatic N) is 3. The molecule has 0 aliphatic carbocycles. The molecule has 5 rings (SSSR count). The Bertz CT molecular complexity index is 1800. The maximum atomic E-state index is 13.9. The number of amides is 3. The number of pyridine rings is 1. The van der Waals surface area contributed by atoms with Gasteiger partial charge in [-0.3, -0.25) is 14.5 Å². The number of methoxy groups -OCH3 is 1. The number of rotatable bonds is 11. The van der Waals surface area contributed by atoms with Gasteiger partial charge in [0.15, 0.2) is 0 Å². The van der Waals surface area contributed by atoms with E-state index in [9.17, 15) is 14.4 Å². The number of likely N-dealkylation sites (tertiary alicyclic amines) is 1. The van der Waals surface area contributed by atoms with Gasteiger partial charge in [-0.25, -0.2) is 9.78 Å². The van der Waals surface area contributed by atoms with Gasteiger partial charge in [-0.15, -0.1) is 0 Å². The lowest BCUT2D eigenvalue weighted by Crippen LogP contribution is -2.45. The fourth-order valence-corrected chi connectivity index (χ4v) is 5.42. The predicted molar refractivity (Wildman–Crippen MR) is 177 cm³/mol. The number of piperidine rings is 1. The maximum absolute atomic E-state index is 13.9. The van der Waals surface area contributed by atoms with Crippen LogP contribution in [-0.4, -0.2) is 78.0 Å². The number of imide groups is 1. The van der Waals surface area contributed by atoms with Crippen molar-refractivity contribution in [2.24, 2.45) is 0 Å². The van der Waals surface area contributed by atoms with Crippen LogP contribution in [0.4, 0.5) is 4.79 Å². The van der Waals surface area contributed by atoms with Crippen molar-refractivity contribution in [2.45, 2.75) is 51.8 Å². The van der Waals surface area contributed by atoms with E-state index < -0.39 is 17.7 Å². The van der Waals surface area contributed by atoms with Crippen LogP contribution in [0.25, 0.3) is 21.9 Å². The average Bonchev–Trinajstić information content (AvgIpc) is 3.37. The van der Waals surface area contributed by atoms with Crippen LogP contribution in [0.5, 0.6) is 5.75 Å². The van der Waals surface area contributed by atoms with Gasteiger partial charge in [0.25, 0.3) is 5.91 Å². The molecule has 4 aromatic rings. The molecule has 1 unspecified atom stereocenters. The number of alkyl carbamates (subject to hydrolysis) is 1. The molecule has 1 fully saturated rings. The van der Waals surface area contributed by atoms with Gasteiger partial charge in [0.2, 0.25) is 5.91 Å². The SMILES string of the molecule is COc1ccc(CN2C(=O)CCC(n3c4ccccc4c4cc(C#CCOCCOCCNC(=O)OC(C)(C)C)cnc43)C2=O)cc1. The van der Waals surface area contributed by atoms with Crippen molar-refractivity contribution in [3.63, 3.8) is 0 Å². The van der Waals surface area contributed by atoms with Crippen molar-refractivity contribution in [3.05, 3.63) is 71.9 Å². The van der Waals surface area contributed by atoms with Crippen molar-refractivity contribution in [1.29, 1.82) is 0 Å². The topological polar surface area (TPSA) is 121 Å². The molecule has 2 aromatic carbocycles. The molecule has 1 aliphatic rings. The number of hydrogen-bond acceptors (Lipinski definition) is 8. The maximum Gasteiger partial charge on any atom is 0.407 e. The molecule has 0 saturated carbocycles. The van der Waals surface area contributed by atoms with Crippen LogP contribution < -0.4 is 10.1 Å². The zero-order valence-corrected chi connectivity index (χ0v) is 27.2. The fraction of sp³-hybridized carbons (Fsp3) is 0.389. The highest BCUT2D eigenvalue weighted by Gasteiger charge is 2.37. The third-order valence-corrected chi connectivity index (χ3v) is 7.54. The molecule has 47 heavy (non-hydrogen) atoms. The van der Waals surface area contributed by atoms with Gasteiger partial charge in [-0.1, -0.05) is 42.2 Å². The van der Waals surface area contributed by atoms with Gasteiger partial charge >= 0.3 is 6.09 Å². The van der Waals surface area contributed by atoms with E-state index in [-0.39, 0.29) is 31.4 Å². The lowest BCUT2D eigenvalue weighted by atomic mass is 10.0. The molecule has 1 atom stereocenters. The van der Waals surface area contributed by atoms with Crippen LogP contribution in [0.3, 0.4) is 0 Å². The zero-order valence-electron chi connectivity index (χ0n) is 27.2. The first-order valence-electron chi connectivity index (χ1n) is 15.6. The zero-order chi connectivity index (χ0) is 33.4. The Morgan fingerprint density at radius 2 is 1.79 bits per heavy atom. The monoisotopic (exact) mass is 640 g/mol. The molecule has 246 valence electrons. The molecule has 1 saturated heterocycles. The Balaban J connectivity index is 1.21. The van der Waals surface area contributed by atoms with Crippen LogP contribution in [-0.2, 0) is 30.3 Å². The molecule has 2 aromatic heterocycles. The molecule has 3 amide bonds. The van der Waals surface area contributed by atoms with Gasteiger partial charge in [-0.2, -0.15) is 0 Å². The lowest BCUT2D eigenvalue weighted by molar-refractivity contribution is -0.151. The Morgan fingerprint density at radius 3 is 2.55 bits per heavy atom. The smallest absolute Gasteiger partial charge is 0.407 e. The molecule has 1 N–H and O–H groups in total. The van der Waals surface area contributed by atoms with Crippen LogP contribution >= 0.6 is 0 Å². The largest absolute Gasteiger partial charge is 0.497 e. The highest BCUT2D eigenvalue weighted by Crippen LogP contribution is 2.35. The first kappa shape index (κ1) is 33.4. The van der Waals surface area contributed by atoms with Crippen molar-refractivity contribution in [3.8, 4) is 17.6 Å². The minimum Gasteiger partial charge on any atom is -0.497 e. The number of fused-ring (bicyclic) bond motifs is 3. The molecule has 0 radical (unpaired) electrons. The summed E-state index contributed by atoms with van der Waals surface area (Å²) in [7, 11) is 1.60. The number of benzene rings is 2. The number of carbonyl (C=O) groups excluding carboxylic acids is 3. The summed E-state index contributed by atoms with van der Waals surface area (Å²) in [5.74, 6) is 6.41. The third-order valence-electron chi connectivity index (χ3n) is 7.54. The van der Waals surface area contributed by atoms with Crippen molar-refractivity contribution >= 4 is 39.8 Å². The minimum absolute atomic E-state index is 0.183. The van der Waals surface area contributed by atoms with E-state index in [2.05, 4.69) is 17.2 Å². The van der Waals surface area contributed by atoms with E-state index in [4.69, 9.17) is 23.9 Å². The molecular formula is C36H40N4O7. The predicted octanol–water partition coefficient (Wildman–Crippen LogP) is 5.00. The summed E-state index contributed by atoms with van der Waals surface area (Å²) in [6, 6.07) is 16.6. The number of aromatic nitrogens is 2. The molecule has 0 bridgehead atoms. The fourth-order valence-electron chi connectivity index (χ4n) is 5.42. The minimum atomic E-state index is -0.568. The van der Waals surface area contributed by atoms with E-state index in [1.54, 1.807) is 13.3 Å². The second-order valence-corrected chi connectivity index (χ2v) is 12.1. The molecule has 11 nitrogen and oxygen atoms in total. The summed E-state index contributed by atoms with van der Waals surface area (Å²) >= 11 is 0. The van der Waals surface area contributed by atoms with E-state index >= 15 is 0 Å². The molecule has 3 heterocycles. The van der Waals surface area contributed by atoms with Gasteiger partial charge in [-0.05, 0) is 57.0 Å². The molecule has 11 heteroatoms. The number of carbonyl (C=O) groups is 3. The molecule has 0 spiro atoms. The summed E-state index contributed by atoms with van der Waals surface area (Å²) in [5, 5.41) is 4.48. The van der Waals surface area contributed by atoms with Crippen molar-refractivity contribution in [1.82, 2.24) is 19.8 Å². The van der Waals surface area contributed by atoms with Gasteiger partial charge < -0.3 is 28.8 Å². The summed E-state index contributed by atoms with van der Waals surface area (Å²) in [5.41, 5.74) is 2.58.